The standard InChI is InChI=1S/C5H10O3/c1-4(6)3-5(7)8-2/h4,6H,3H2,1-2H3/t4-/m1/s1/i2D3,3D2. The van der Waals surface area contributed by atoms with Crippen molar-refractivity contribution in [2.24, 2.45) is 0 Å². The molecular formula is C5H10O3. The van der Waals surface area contributed by atoms with E-state index in [1.54, 1.807) is 0 Å². The summed E-state index contributed by atoms with van der Waals surface area (Å²) in [5, 5.41) is 8.79. The Morgan fingerprint density at radius 1 is 2.25 bits per heavy atom. The minimum absolute atomic E-state index is 1.03. The molecule has 0 rings (SSSR count). The number of carbonyl (C=O) groups is 1. The van der Waals surface area contributed by atoms with E-state index in [1.807, 2.05) is 0 Å². The van der Waals surface area contributed by atoms with Gasteiger partial charge in [-0.3, -0.25) is 4.79 Å². The number of hydrogen-bond donors (Lipinski definition) is 1. The van der Waals surface area contributed by atoms with Crippen molar-refractivity contribution in [2.75, 3.05) is 7.04 Å². The van der Waals surface area contributed by atoms with Crippen LogP contribution in [0.5, 0.6) is 0 Å². The summed E-state index contributed by atoms with van der Waals surface area (Å²) in [6.07, 6.45) is -4.32. The van der Waals surface area contributed by atoms with Gasteiger partial charge in [0.1, 0.15) is 0 Å². The van der Waals surface area contributed by atoms with Crippen LogP contribution in [0.25, 0.3) is 0 Å². The van der Waals surface area contributed by atoms with Crippen molar-refractivity contribution in [3.63, 3.8) is 0 Å². The van der Waals surface area contributed by atoms with Gasteiger partial charge in [0.25, 0.3) is 0 Å². The van der Waals surface area contributed by atoms with Gasteiger partial charge in [-0.1, -0.05) is 0 Å². The van der Waals surface area contributed by atoms with E-state index < -0.39 is 25.5 Å². The maximum Gasteiger partial charge on any atom is 0.308 e. The van der Waals surface area contributed by atoms with Crippen molar-refractivity contribution in [1.29, 1.82) is 0 Å². The molecule has 0 aliphatic carbocycles. The van der Waals surface area contributed by atoms with Gasteiger partial charge in [-0.05, 0) is 6.92 Å². The van der Waals surface area contributed by atoms with E-state index in [0.29, 0.717) is 0 Å². The number of hydrogen-bond acceptors (Lipinski definition) is 3. The van der Waals surface area contributed by atoms with Gasteiger partial charge in [0.05, 0.1) is 23.6 Å². The molecule has 0 aromatic carbocycles. The van der Waals surface area contributed by atoms with Crippen molar-refractivity contribution < 1.29 is 21.5 Å². The number of aliphatic hydroxyl groups excluding tert-OH is 1. The molecule has 0 radical (unpaired) electrons. The molecule has 0 aliphatic heterocycles. The second-order valence-electron chi connectivity index (χ2n) is 1.21. The molecule has 3 nitrogen and oxygen atoms in total. The van der Waals surface area contributed by atoms with Gasteiger partial charge in [-0.2, -0.15) is 0 Å². The lowest BCUT2D eigenvalue weighted by molar-refractivity contribution is -0.142. The second kappa shape index (κ2) is 3.43. The number of carbonyl (C=O) groups excluding carboxylic acids is 1. The first-order valence-corrected chi connectivity index (χ1v) is 1.99. The molecule has 0 heterocycles. The number of aliphatic hydroxyl groups is 1. The van der Waals surface area contributed by atoms with Crippen LogP contribution in [-0.4, -0.2) is 24.2 Å². The smallest absolute Gasteiger partial charge is 0.308 e. The summed E-state index contributed by atoms with van der Waals surface area (Å²) in [7, 11) is -2.99. The Hall–Kier alpha value is -0.570. The van der Waals surface area contributed by atoms with E-state index in [-0.39, 0.29) is 0 Å². The third-order valence-corrected chi connectivity index (χ3v) is 0.419. The number of ether oxygens (including phenoxy) is 1. The van der Waals surface area contributed by atoms with Gasteiger partial charge < -0.3 is 9.84 Å². The summed E-state index contributed by atoms with van der Waals surface area (Å²) in [5.74, 6) is -1.59. The highest BCUT2D eigenvalue weighted by Crippen LogP contribution is 1.89. The van der Waals surface area contributed by atoms with E-state index in [4.69, 9.17) is 12.0 Å². The first-order valence-electron chi connectivity index (χ1n) is 4.49. The minimum Gasteiger partial charge on any atom is -0.469 e. The molecule has 0 unspecified atom stereocenters. The van der Waals surface area contributed by atoms with Crippen LogP contribution in [0.1, 0.15) is 20.2 Å². The monoisotopic (exact) mass is 123 g/mol. The average molecular weight is 123 g/mol. The topological polar surface area (TPSA) is 46.5 Å². The van der Waals surface area contributed by atoms with Crippen molar-refractivity contribution in [3.8, 4) is 0 Å². The van der Waals surface area contributed by atoms with Crippen LogP contribution in [0.15, 0.2) is 0 Å². The van der Waals surface area contributed by atoms with Crippen LogP contribution in [-0.2, 0) is 9.53 Å². The summed E-state index contributed by atoms with van der Waals surface area (Å²) in [4.78, 5) is 10.8. The van der Waals surface area contributed by atoms with Crippen molar-refractivity contribution in [1.82, 2.24) is 0 Å². The summed E-state index contributed by atoms with van der Waals surface area (Å²) < 4.78 is 37.3. The lowest BCUT2D eigenvalue weighted by atomic mass is 10.3. The zero-order valence-corrected chi connectivity index (χ0v) is 4.34. The molecule has 0 aliphatic rings. The van der Waals surface area contributed by atoms with Gasteiger partial charge in [-0.15, -0.1) is 0 Å². The van der Waals surface area contributed by atoms with E-state index in [9.17, 15) is 4.79 Å². The zero-order valence-electron chi connectivity index (χ0n) is 9.34. The van der Waals surface area contributed by atoms with E-state index in [2.05, 4.69) is 4.74 Å². The van der Waals surface area contributed by atoms with E-state index >= 15 is 0 Å². The molecular weight excluding hydrogens is 108 g/mol. The molecule has 1 atom stereocenters. The van der Waals surface area contributed by atoms with Gasteiger partial charge in [0.15, 0.2) is 0 Å². The molecule has 48 valence electrons. The van der Waals surface area contributed by atoms with Crippen LogP contribution in [0.2, 0.25) is 0 Å². The molecule has 0 saturated heterocycles. The number of methoxy groups -OCH3 is 1. The minimum atomic E-state index is -2.99. The molecule has 0 amide bonds. The number of rotatable bonds is 2. The van der Waals surface area contributed by atoms with E-state index in [0.717, 1.165) is 6.92 Å². The fraction of sp³-hybridized carbons (Fsp3) is 0.800. The number of esters is 1. The fourth-order valence-corrected chi connectivity index (χ4v) is 0.200. The highest BCUT2D eigenvalue weighted by molar-refractivity contribution is 5.69. The lowest BCUT2D eigenvalue weighted by Gasteiger charge is -1.99. The van der Waals surface area contributed by atoms with Crippen LogP contribution >= 0.6 is 0 Å². The Labute approximate surface area is 55.3 Å². The molecule has 1 N–H and O–H groups in total. The Balaban J connectivity index is 4.44. The molecule has 3 heteroatoms. The second-order valence-corrected chi connectivity index (χ2v) is 1.21. The van der Waals surface area contributed by atoms with Gasteiger partial charge >= 0.3 is 5.97 Å². The van der Waals surface area contributed by atoms with Crippen LogP contribution in [0.3, 0.4) is 0 Å². The quantitative estimate of drug-likeness (QED) is 0.523. The van der Waals surface area contributed by atoms with Crippen molar-refractivity contribution in [2.45, 2.75) is 19.4 Å². The van der Waals surface area contributed by atoms with Crippen LogP contribution in [0, 0.1) is 0 Å². The van der Waals surface area contributed by atoms with Crippen molar-refractivity contribution in [3.05, 3.63) is 0 Å². The SMILES string of the molecule is [2H]C([2H])([2H])OC(=O)C([2H])([2H])[C@@H](C)O. The third-order valence-electron chi connectivity index (χ3n) is 0.419. The first-order chi connectivity index (χ1) is 5.57. The summed E-state index contributed by atoms with van der Waals surface area (Å²) in [6.45, 7) is 1.03. The summed E-state index contributed by atoms with van der Waals surface area (Å²) in [5.41, 5.74) is 0. The molecule has 0 spiro atoms. The normalized spacial score (nSPS) is 25.5. The molecule has 0 aromatic rings. The first kappa shape index (κ1) is 2.35. The fourth-order valence-electron chi connectivity index (χ4n) is 0.200. The van der Waals surface area contributed by atoms with Crippen LogP contribution < -0.4 is 0 Å². The van der Waals surface area contributed by atoms with Gasteiger partial charge in [0.2, 0.25) is 0 Å². The molecule has 0 bridgehead atoms. The predicted octanol–water partition coefficient (Wildman–Crippen LogP) is -0.0697. The Morgan fingerprint density at radius 2 is 2.88 bits per heavy atom. The van der Waals surface area contributed by atoms with Crippen molar-refractivity contribution >= 4 is 5.97 Å². The molecule has 0 saturated carbocycles. The van der Waals surface area contributed by atoms with Crippen LogP contribution in [0.4, 0.5) is 0 Å². The van der Waals surface area contributed by atoms with E-state index in [1.165, 1.54) is 0 Å². The molecule has 8 heavy (non-hydrogen) atoms. The Kier molecular flexibility index (Phi) is 1.01. The maximum absolute atomic E-state index is 10.8. The molecule has 0 fully saturated rings. The highest BCUT2D eigenvalue weighted by atomic mass is 16.5. The Morgan fingerprint density at radius 3 is 3.25 bits per heavy atom. The highest BCUT2D eigenvalue weighted by Gasteiger charge is 2.03. The average Bonchev–Trinajstić information content (AvgIpc) is 1.82. The Bertz CT molecular complexity index is 197. The summed E-state index contributed by atoms with van der Waals surface area (Å²) >= 11 is 0. The van der Waals surface area contributed by atoms with Gasteiger partial charge in [-0.25, -0.2) is 0 Å². The third kappa shape index (κ3) is 3.61. The van der Waals surface area contributed by atoms with Gasteiger partial charge in [0, 0.05) is 2.74 Å². The summed E-state index contributed by atoms with van der Waals surface area (Å²) in [6, 6.07) is 0. The molecule has 0 aromatic heterocycles. The largest absolute Gasteiger partial charge is 0.469 e. The zero-order chi connectivity index (χ0) is 10.9. The maximum atomic E-state index is 10.8. The predicted molar refractivity (Wildman–Crippen MR) is 28.3 cm³/mol. The lowest BCUT2D eigenvalue weighted by Crippen LogP contribution is -2.10.